The van der Waals surface area contributed by atoms with Gasteiger partial charge in [-0.25, -0.2) is 0 Å². The molecule has 2 aliphatic carbocycles. The largest absolute Gasteiger partial charge is 0.373 e. The zero-order chi connectivity index (χ0) is 29.8. The van der Waals surface area contributed by atoms with Crippen molar-refractivity contribution in [3.8, 4) is 0 Å². The molecule has 4 aliphatic rings. The molecule has 2 heterocycles. The van der Waals surface area contributed by atoms with Gasteiger partial charge in [-0.05, 0) is 108 Å². The van der Waals surface area contributed by atoms with Gasteiger partial charge in [0.25, 0.3) is 0 Å². The lowest BCUT2D eigenvalue weighted by Gasteiger charge is -2.30. The molecular formula is C37H62N2O3. The van der Waals surface area contributed by atoms with Crippen molar-refractivity contribution in [2.75, 3.05) is 13.1 Å². The summed E-state index contributed by atoms with van der Waals surface area (Å²) in [4.78, 5) is 27.1. The van der Waals surface area contributed by atoms with E-state index >= 15 is 0 Å². The van der Waals surface area contributed by atoms with Gasteiger partial charge in [-0.3, -0.25) is 9.79 Å². The topological polar surface area (TPSA) is 67.8 Å². The van der Waals surface area contributed by atoms with Crippen molar-refractivity contribution >= 4 is 17.8 Å². The standard InChI is InChI=1S/C27H35NO.C6H13NO.C3H6O.CH4.2H2/c1-19-15-23-10-6-12-26(23)27(28-18-19)24-11-5-8-21(16-24)17-25(29)14-13-22-9-4-3-7-20(22)2;1-5-3-7-4-6(2)8-5;1-3(2)4;;;/h3-4,6-7,9,12,18-19,21,23-24H,5,8,10-11,13-17H2,1-2H3;5-7H,3-4H2,1-2H3;1-2H3;1H4;2*1H/t19?,21-,23?,24?;;;;;/m1...../s1. The van der Waals surface area contributed by atoms with Gasteiger partial charge in [0.2, 0.25) is 0 Å². The Hall–Kier alpha value is -2.37. The van der Waals surface area contributed by atoms with Crippen molar-refractivity contribution in [1.82, 2.24) is 5.32 Å². The number of hydrogen-bond acceptors (Lipinski definition) is 5. The number of hydrogen-bond donors (Lipinski definition) is 1. The van der Waals surface area contributed by atoms with E-state index in [-0.39, 0.29) is 16.1 Å². The molecule has 2 fully saturated rings. The highest BCUT2D eigenvalue weighted by molar-refractivity contribution is 5.79. The van der Waals surface area contributed by atoms with Gasteiger partial charge in [-0.2, -0.15) is 0 Å². The van der Waals surface area contributed by atoms with Crippen LogP contribution < -0.4 is 5.32 Å². The molecule has 5 nitrogen and oxygen atoms in total. The molecule has 0 aromatic heterocycles. The second kappa shape index (κ2) is 18.3. The lowest BCUT2D eigenvalue weighted by Crippen LogP contribution is -2.41. The molecule has 0 bridgehead atoms. The minimum atomic E-state index is 0. The Kier molecular flexibility index (Phi) is 15.6. The van der Waals surface area contributed by atoms with Gasteiger partial charge in [-0.15, -0.1) is 0 Å². The number of carbonyl (C=O) groups excluding carboxylic acids is 2. The first kappa shape index (κ1) is 35.8. The molecule has 42 heavy (non-hydrogen) atoms. The van der Waals surface area contributed by atoms with Gasteiger partial charge >= 0.3 is 0 Å². The number of rotatable bonds is 6. The average Bonchev–Trinajstić information content (AvgIpc) is 3.29. The molecule has 5 rings (SSSR count). The summed E-state index contributed by atoms with van der Waals surface area (Å²) in [5.74, 6) is 2.91. The van der Waals surface area contributed by atoms with Crippen LogP contribution in [0.4, 0.5) is 0 Å². The zero-order valence-corrected chi connectivity index (χ0v) is 26.5. The number of allylic oxidation sites excluding steroid dienone is 4. The fourth-order valence-electron chi connectivity index (χ4n) is 6.57. The van der Waals surface area contributed by atoms with Crippen LogP contribution in [0.5, 0.6) is 0 Å². The van der Waals surface area contributed by atoms with Crippen LogP contribution in [0.3, 0.4) is 0 Å². The number of nitrogens with zero attached hydrogens (tertiary/aromatic N) is 1. The predicted molar refractivity (Wildman–Crippen MR) is 181 cm³/mol. The molecule has 5 heteroatoms. The normalized spacial score (nSPS) is 28.2. The monoisotopic (exact) mass is 582 g/mol. The van der Waals surface area contributed by atoms with E-state index in [0.717, 1.165) is 32.4 Å². The third kappa shape index (κ3) is 12.1. The molecule has 2 aliphatic heterocycles. The minimum Gasteiger partial charge on any atom is -0.373 e. The molecule has 1 aromatic carbocycles. The number of ether oxygens (including phenoxy) is 1. The maximum atomic E-state index is 12.7. The molecule has 5 unspecified atom stereocenters. The number of carbonyl (C=O) groups is 2. The summed E-state index contributed by atoms with van der Waals surface area (Å²) in [6.07, 6.45) is 17.2. The Morgan fingerprint density at radius 1 is 1.02 bits per heavy atom. The molecule has 1 N–H and O–H groups in total. The summed E-state index contributed by atoms with van der Waals surface area (Å²) >= 11 is 0. The van der Waals surface area contributed by atoms with Crippen molar-refractivity contribution in [1.29, 1.82) is 0 Å². The lowest BCUT2D eigenvalue weighted by atomic mass is 9.76. The number of fused-ring (bicyclic) bond motifs is 1. The van der Waals surface area contributed by atoms with Crippen molar-refractivity contribution in [2.45, 2.75) is 119 Å². The van der Waals surface area contributed by atoms with Crippen molar-refractivity contribution in [3.63, 3.8) is 0 Å². The van der Waals surface area contributed by atoms with Crippen LogP contribution in [0.2, 0.25) is 0 Å². The van der Waals surface area contributed by atoms with Crippen molar-refractivity contribution < 1.29 is 17.2 Å². The molecule has 0 radical (unpaired) electrons. The Bertz CT molecular complexity index is 1090. The van der Waals surface area contributed by atoms with E-state index in [9.17, 15) is 9.59 Å². The van der Waals surface area contributed by atoms with Crippen LogP contribution in [0.1, 0.15) is 107 Å². The second-order valence-corrected chi connectivity index (χ2v) is 12.9. The highest BCUT2D eigenvalue weighted by Crippen LogP contribution is 2.43. The highest BCUT2D eigenvalue weighted by atomic mass is 16.5. The first-order valence-corrected chi connectivity index (χ1v) is 16.0. The van der Waals surface area contributed by atoms with E-state index in [1.165, 1.54) is 68.3 Å². The smallest absolute Gasteiger partial charge is 0.133 e. The average molecular weight is 583 g/mol. The van der Waals surface area contributed by atoms with E-state index in [1.807, 2.05) is 0 Å². The molecule has 0 spiro atoms. The van der Waals surface area contributed by atoms with E-state index in [0.29, 0.717) is 48.1 Å². The third-order valence-electron chi connectivity index (χ3n) is 8.53. The van der Waals surface area contributed by atoms with Crippen molar-refractivity contribution in [2.24, 2.45) is 28.7 Å². The Morgan fingerprint density at radius 3 is 2.36 bits per heavy atom. The molecule has 1 saturated heterocycles. The number of Topliss-reactive ketones (excluding diaryl/α,β-unsaturated/α-hetero) is 2. The van der Waals surface area contributed by atoms with Gasteiger partial charge < -0.3 is 14.8 Å². The number of ketones is 2. The summed E-state index contributed by atoms with van der Waals surface area (Å²) in [6.45, 7) is 13.7. The number of nitrogens with one attached hydrogen (secondary N) is 1. The van der Waals surface area contributed by atoms with Crippen LogP contribution in [-0.2, 0) is 20.7 Å². The maximum Gasteiger partial charge on any atom is 0.133 e. The summed E-state index contributed by atoms with van der Waals surface area (Å²) in [5.41, 5.74) is 5.47. The fourth-order valence-corrected chi connectivity index (χ4v) is 6.57. The quantitative estimate of drug-likeness (QED) is 0.364. The zero-order valence-electron chi connectivity index (χ0n) is 26.5. The Morgan fingerprint density at radius 2 is 1.71 bits per heavy atom. The first-order chi connectivity index (χ1) is 19.6. The lowest BCUT2D eigenvalue weighted by molar-refractivity contribution is -0.120. The van der Waals surface area contributed by atoms with E-state index < -0.39 is 0 Å². The molecule has 1 aromatic rings. The summed E-state index contributed by atoms with van der Waals surface area (Å²) in [5, 5.41) is 3.26. The molecular weight excluding hydrogens is 520 g/mol. The first-order valence-electron chi connectivity index (χ1n) is 16.0. The fraction of sp³-hybridized carbons (Fsp3) is 0.649. The molecule has 1 saturated carbocycles. The van der Waals surface area contributed by atoms with Crippen LogP contribution in [0, 0.1) is 30.6 Å². The van der Waals surface area contributed by atoms with Crippen molar-refractivity contribution in [3.05, 3.63) is 58.8 Å². The Labute approximate surface area is 259 Å². The van der Waals surface area contributed by atoms with Gasteiger partial charge in [-0.1, -0.05) is 57.2 Å². The molecule has 238 valence electrons. The van der Waals surface area contributed by atoms with Gasteiger partial charge in [0, 0.05) is 46.6 Å². The van der Waals surface area contributed by atoms with Crippen LogP contribution >= 0.6 is 0 Å². The third-order valence-corrected chi connectivity index (χ3v) is 8.53. The number of aliphatic imine (C=N–C) groups is 1. The van der Waals surface area contributed by atoms with E-state index in [1.54, 1.807) is 0 Å². The highest BCUT2D eigenvalue weighted by Gasteiger charge is 2.31. The number of aryl methyl sites for hydroxylation is 2. The SMILES string of the molecule is C.CC(C)=O.CC1CNCC(C)O1.Cc1ccccc1CCC(=O)C[C@@H]1CCCC(C2=C3C=CCC3CC(C)C=N2)C1.[HH].[HH]. The molecule has 6 atom stereocenters. The summed E-state index contributed by atoms with van der Waals surface area (Å²) in [7, 11) is 0. The van der Waals surface area contributed by atoms with Crippen LogP contribution in [0.15, 0.2) is 52.7 Å². The Balaban J connectivity index is 0.00000105. The van der Waals surface area contributed by atoms with Gasteiger partial charge in [0.15, 0.2) is 0 Å². The van der Waals surface area contributed by atoms with E-state index in [4.69, 9.17) is 9.73 Å². The number of morpholine rings is 1. The number of benzene rings is 1. The van der Waals surface area contributed by atoms with Crippen LogP contribution in [-0.4, -0.2) is 43.1 Å². The maximum absolute atomic E-state index is 12.7. The van der Waals surface area contributed by atoms with Gasteiger partial charge in [0.05, 0.1) is 12.2 Å². The van der Waals surface area contributed by atoms with Crippen LogP contribution in [0.25, 0.3) is 0 Å². The summed E-state index contributed by atoms with van der Waals surface area (Å²) < 4.78 is 5.42. The van der Waals surface area contributed by atoms with E-state index in [2.05, 4.69) is 75.6 Å². The van der Waals surface area contributed by atoms with Gasteiger partial charge in [0.1, 0.15) is 11.6 Å². The second-order valence-electron chi connectivity index (χ2n) is 12.9. The molecule has 0 amide bonds. The predicted octanol–water partition coefficient (Wildman–Crippen LogP) is 8.74. The minimum absolute atomic E-state index is 0. The summed E-state index contributed by atoms with van der Waals surface area (Å²) in [6, 6.07) is 8.44.